The molecule has 1 aromatic carbocycles. The van der Waals surface area contributed by atoms with Gasteiger partial charge in [0.15, 0.2) is 0 Å². The lowest BCUT2D eigenvalue weighted by Crippen LogP contribution is -2.34. The fraction of sp³-hybridized carbons (Fsp3) is 0.500. The number of amides is 1. The lowest BCUT2D eigenvalue weighted by molar-refractivity contribution is 0.0743. The standard InChI is InChI=1S/C14H17ClFNO3S/c1-8-4-9(2)17(7-8)14(18)11-5-12(16)10(3)13(6-11)21(15,19)20/h5-6,8-9H,4,7H2,1-3H3. The van der Waals surface area contributed by atoms with E-state index in [1.807, 2.05) is 13.8 Å². The highest BCUT2D eigenvalue weighted by Crippen LogP contribution is 2.28. The van der Waals surface area contributed by atoms with E-state index in [1.54, 1.807) is 4.90 Å². The van der Waals surface area contributed by atoms with Gasteiger partial charge >= 0.3 is 0 Å². The first-order valence-corrected chi connectivity index (χ1v) is 8.98. The van der Waals surface area contributed by atoms with Gasteiger partial charge in [-0.25, -0.2) is 12.8 Å². The van der Waals surface area contributed by atoms with Crippen LogP contribution in [0.4, 0.5) is 4.39 Å². The van der Waals surface area contributed by atoms with E-state index in [1.165, 1.54) is 6.92 Å². The van der Waals surface area contributed by atoms with Crippen molar-refractivity contribution in [1.82, 2.24) is 4.90 Å². The quantitative estimate of drug-likeness (QED) is 0.782. The van der Waals surface area contributed by atoms with E-state index in [-0.39, 0.29) is 28.0 Å². The van der Waals surface area contributed by atoms with Gasteiger partial charge < -0.3 is 4.90 Å². The maximum absolute atomic E-state index is 13.9. The molecule has 0 aromatic heterocycles. The lowest BCUT2D eigenvalue weighted by atomic mass is 10.1. The summed E-state index contributed by atoms with van der Waals surface area (Å²) in [6, 6.07) is 2.27. The number of carbonyl (C=O) groups is 1. The Hall–Kier alpha value is -1.14. The summed E-state index contributed by atoms with van der Waals surface area (Å²) < 4.78 is 36.9. The molecule has 0 aliphatic carbocycles. The molecule has 0 bridgehead atoms. The summed E-state index contributed by atoms with van der Waals surface area (Å²) in [6.45, 7) is 5.86. The topological polar surface area (TPSA) is 54.5 Å². The van der Waals surface area contributed by atoms with E-state index in [2.05, 4.69) is 0 Å². The number of carbonyl (C=O) groups excluding carboxylic acids is 1. The zero-order chi connectivity index (χ0) is 15.9. The van der Waals surface area contributed by atoms with Gasteiger partial charge in [-0.1, -0.05) is 6.92 Å². The van der Waals surface area contributed by atoms with Crippen LogP contribution in [0.5, 0.6) is 0 Å². The van der Waals surface area contributed by atoms with E-state index in [9.17, 15) is 17.6 Å². The molecule has 21 heavy (non-hydrogen) atoms. The lowest BCUT2D eigenvalue weighted by Gasteiger charge is -2.22. The van der Waals surface area contributed by atoms with Crippen molar-refractivity contribution >= 4 is 25.6 Å². The Morgan fingerprint density at radius 3 is 2.48 bits per heavy atom. The largest absolute Gasteiger partial charge is 0.336 e. The Labute approximate surface area is 128 Å². The van der Waals surface area contributed by atoms with Gasteiger partial charge in [-0.15, -0.1) is 0 Å². The molecule has 0 radical (unpaired) electrons. The van der Waals surface area contributed by atoms with Gasteiger partial charge in [-0.2, -0.15) is 0 Å². The molecule has 1 heterocycles. The van der Waals surface area contributed by atoms with Crippen LogP contribution in [0, 0.1) is 18.7 Å². The van der Waals surface area contributed by atoms with E-state index in [0.29, 0.717) is 12.5 Å². The third-order valence-corrected chi connectivity index (χ3v) is 5.30. The Morgan fingerprint density at radius 1 is 1.38 bits per heavy atom. The summed E-state index contributed by atoms with van der Waals surface area (Å²) in [5.41, 5.74) is -0.0670. The second-order valence-corrected chi connectivity index (χ2v) is 8.20. The highest BCUT2D eigenvalue weighted by atomic mass is 35.7. The molecule has 1 saturated heterocycles. The van der Waals surface area contributed by atoms with Crippen LogP contribution in [-0.2, 0) is 9.05 Å². The molecule has 2 unspecified atom stereocenters. The number of hydrogen-bond acceptors (Lipinski definition) is 3. The van der Waals surface area contributed by atoms with Gasteiger partial charge in [0.1, 0.15) is 5.82 Å². The first kappa shape index (κ1) is 16.2. The van der Waals surface area contributed by atoms with Crippen molar-refractivity contribution in [3.8, 4) is 0 Å². The molecule has 7 heteroatoms. The molecule has 0 N–H and O–H groups in total. The van der Waals surface area contributed by atoms with Gasteiger partial charge in [-0.05, 0) is 38.3 Å². The first-order chi connectivity index (χ1) is 9.61. The SMILES string of the molecule is Cc1c(F)cc(C(=O)N2CC(C)CC2C)cc1S(=O)(=O)Cl. The summed E-state index contributed by atoms with van der Waals surface area (Å²) in [5.74, 6) is -0.747. The number of rotatable bonds is 2. The van der Waals surface area contributed by atoms with Crippen molar-refractivity contribution in [2.24, 2.45) is 5.92 Å². The van der Waals surface area contributed by atoms with Crippen LogP contribution in [0.2, 0.25) is 0 Å². The van der Waals surface area contributed by atoms with Gasteiger partial charge in [0.2, 0.25) is 0 Å². The highest BCUT2D eigenvalue weighted by Gasteiger charge is 2.31. The maximum Gasteiger partial charge on any atom is 0.261 e. The Balaban J connectivity index is 2.46. The van der Waals surface area contributed by atoms with Crippen molar-refractivity contribution in [2.45, 2.75) is 38.1 Å². The van der Waals surface area contributed by atoms with Crippen molar-refractivity contribution < 1.29 is 17.6 Å². The molecule has 2 atom stereocenters. The van der Waals surface area contributed by atoms with E-state index in [0.717, 1.165) is 18.6 Å². The molecule has 2 rings (SSSR count). The number of nitrogens with zero attached hydrogens (tertiary/aromatic N) is 1. The van der Waals surface area contributed by atoms with Crippen LogP contribution < -0.4 is 0 Å². The third-order valence-electron chi connectivity index (χ3n) is 3.85. The summed E-state index contributed by atoms with van der Waals surface area (Å²) in [5, 5.41) is 0. The monoisotopic (exact) mass is 333 g/mol. The predicted octanol–water partition coefficient (Wildman–Crippen LogP) is 2.93. The first-order valence-electron chi connectivity index (χ1n) is 6.67. The average molecular weight is 334 g/mol. The average Bonchev–Trinajstić information content (AvgIpc) is 2.69. The van der Waals surface area contributed by atoms with E-state index in [4.69, 9.17) is 10.7 Å². The van der Waals surface area contributed by atoms with Crippen LogP contribution in [-0.4, -0.2) is 31.8 Å². The van der Waals surface area contributed by atoms with Gasteiger partial charge in [0, 0.05) is 34.4 Å². The zero-order valence-electron chi connectivity index (χ0n) is 12.1. The smallest absolute Gasteiger partial charge is 0.261 e. The Bertz CT molecular complexity index is 690. The molecule has 1 fully saturated rings. The molecule has 0 spiro atoms. The number of halogens is 2. The molecule has 1 amide bonds. The second kappa shape index (κ2) is 5.57. The number of likely N-dealkylation sites (tertiary alicyclic amines) is 1. The summed E-state index contributed by atoms with van der Waals surface area (Å²) in [4.78, 5) is 13.8. The highest BCUT2D eigenvalue weighted by molar-refractivity contribution is 8.13. The van der Waals surface area contributed by atoms with Crippen LogP contribution in [0.1, 0.15) is 36.2 Å². The van der Waals surface area contributed by atoms with Gasteiger partial charge in [-0.3, -0.25) is 4.79 Å². The minimum atomic E-state index is -4.10. The minimum Gasteiger partial charge on any atom is -0.336 e. The summed E-state index contributed by atoms with van der Waals surface area (Å²) in [7, 11) is 1.21. The zero-order valence-corrected chi connectivity index (χ0v) is 13.6. The van der Waals surface area contributed by atoms with Crippen LogP contribution in [0.3, 0.4) is 0 Å². The van der Waals surface area contributed by atoms with Gasteiger partial charge in [0.25, 0.3) is 15.0 Å². The summed E-state index contributed by atoms with van der Waals surface area (Å²) >= 11 is 0. The molecule has 1 aliphatic rings. The van der Waals surface area contributed by atoms with Crippen LogP contribution in [0.15, 0.2) is 17.0 Å². The molecular weight excluding hydrogens is 317 g/mol. The van der Waals surface area contributed by atoms with Crippen LogP contribution >= 0.6 is 10.7 Å². The fourth-order valence-electron chi connectivity index (χ4n) is 2.78. The Morgan fingerprint density at radius 2 is 2.00 bits per heavy atom. The fourth-order valence-corrected chi connectivity index (χ4v) is 3.99. The normalized spacial score (nSPS) is 22.6. The van der Waals surface area contributed by atoms with Crippen molar-refractivity contribution in [3.63, 3.8) is 0 Å². The number of benzene rings is 1. The van der Waals surface area contributed by atoms with Crippen molar-refractivity contribution in [3.05, 3.63) is 29.1 Å². The molecular formula is C14H17ClFNO3S. The molecule has 1 aliphatic heterocycles. The molecule has 1 aromatic rings. The van der Waals surface area contributed by atoms with Crippen LogP contribution in [0.25, 0.3) is 0 Å². The third kappa shape index (κ3) is 3.21. The second-order valence-electron chi connectivity index (χ2n) is 5.67. The molecule has 116 valence electrons. The molecule has 4 nitrogen and oxygen atoms in total. The van der Waals surface area contributed by atoms with Crippen molar-refractivity contribution in [2.75, 3.05) is 6.54 Å². The van der Waals surface area contributed by atoms with Gasteiger partial charge in [0.05, 0.1) is 4.90 Å². The van der Waals surface area contributed by atoms with Crippen molar-refractivity contribution in [1.29, 1.82) is 0 Å². The number of hydrogen-bond donors (Lipinski definition) is 0. The molecule has 0 saturated carbocycles. The maximum atomic E-state index is 13.9. The predicted molar refractivity (Wildman–Crippen MR) is 78.5 cm³/mol. The van der Waals surface area contributed by atoms with E-state index >= 15 is 0 Å². The summed E-state index contributed by atoms with van der Waals surface area (Å²) in [6.07, 6.45) is 0.876. The Kier molecular flexibility index (Phi) is 4.31. The van der Waals surface area contributed by atoms with E-state index < -0.39 is 14.9 Å². The minimum absolute atomic E-state index is 0.0123.